The van der Waals surface area contributed by atoms with E-state index >= 15 is 0 Å². The number of aromatic nitrogens is 2. The van der Waals surface area contributed by atoms with Crippen LogP contribution in [0.2, 0.25) is 0 Å². The van der Waals surface area contributed by atoms with Crippen molar-refractivity contribution in [3.05, 3.63) is 29.8 Å². The van der Waals surface area contributed by atoms with E-state index in [1.54, 1.807) is 6.07 Å². The second kappa shape index (κ2) is 6.09. The molecule has 134 valence electrons. The molecule has 1 aromatic heterocycles. The van der Waals surface area contributed by atoms with Gasteiger partial charge in [-0.05, 0) is 43.9 Å². The molecule has 2 aromatic rings. The largest absolute Gasteiger partial charge is 0.340 e. The topological polar surface area (TPSA) is 83.1 Å². The van der Waals surface area contributed by atoms with Crippen molar-refractivity contribution in [3.63, 3.8) is 0 Å². The maximum absolute atomic E-state index is 13.4. The summed E-state index contributed by atoms with van der Waals surface area (Å²) in [5.41, 5.74) is 1.30. The van der Waals surface area contributed by atoms with Crippen molar-refractivity contribution in [3.8, 4) is 0 Å². The van der Waals surface area contributed by atoms with Gasteiger partial charge in [-0.3, -0.25) is 4.79 Å². The Morgan fingerprint density at radius 2 is 2.00 bits per heavy atom. The van der Waals surface area contributed by atoms with E-state index in [-0.39, 0.29) is 35.2 Å². The molecule has 1 amide bonds. The van der Waals surface area contributed by atoms with Crippen LogP contribution in [0.5, 0.6) is 0 Å². The Balaban J connectivity index is 1.56. The van der Waals surface area contributed by atoms with Gasteiger partial charge in [0.2, 0.25) is 5.91 Å². The third-order valence-corrected chi connectivity index (χ3v) is 6.93. The second-order valence-electron chi connectivity index (χ2n) is 6.90. The van der Waals surface area contributed by atoms with Crippen LogP contribution in [-0.4, -0.2) is 47.2 Å². The summed E-state index contributed by atoms with van der Waals surface area (Å²) < 4.78 is 36.5. The highest BCUT2D eigenvalue weighted by molar-refractivity contribution is 7.91. The van der Waals surface area contributed by atoms with Crippen molar-refractivity contribution < 1.29 is 17.6 Å². The van der Waals surface area contributed by atoms with Crippen LogP contribution >= 0.6 is 0 Å². The number of benzene rings is 1. The number of hydrogen-bond donors (Lipinski definition) is 1. The van der Waals surface area contributed by atoms with Crippen LogP contribution in [0.25, 0.3) is 11.0 Å². The minimum absolute atomic E-state index is 0.0176. The Morgan fingerprint density at radius 3 is 2.76 bits per heavy atom. The van der Waals surface area contributed by atoms with Gasteiger partial charge in [-0.25, -0.2) is 17.8 Å². The summed E-state index contributed by atoms with van der Waals surface area (Å²) >= 11 is 0. The van der Waals surface area contributed by atoms with Gasteiger partial charge in [0.25, 0.3) is 0 Å². The molecule has 1 N–H and O–H groups in total. The van der Waals surface area contributed by atoms with Gasteiger partial charge in [0, 0.05) is 12.5 Å². The fourth-order valence-electron chi connectivity index (χ4n) is 3.85. The number of H-pyrrole nitrogens is 1. The van der Waals surface area contributed by atoms with Crippen molar-refractivity contribution in [2.75, 3.05) is 18.1 Å². The zero-order valence-corrected chi connectivity index (χ0v) is 14.6. The van der Waals surface area contributed by atoms with Crippen molar-refractivity contribution in [2.24, 2.45) is 5.92 Å². The highest BCUT2D eigenvalue weighted by Gasteiger charge is 2.37. The monoisotopic (exact) mass is 365 g/mol. The molecular weight excluding hydrogens is 345 g/mol. The fraction of sp³-hybridized carbons (Fsp3) is 0.529. The van der Waals surface area contributed by atoms with Crippen LogP contribution in [0, 0.1) is 11.7 Å². The van der Waals surface area contributed by atoms with E-state index in [0.717, 1.165) is 12.8 Å². The third kappa shape index (κ3) is 3.15. The summed E-state index contributed by atoms with van der Waals surface area (Å²) in [6, 6.07) is 4.24. The van der Waals surface area contributed by atoms with E-state index in [4.69, 9.17) is 0 Å². The summed E-state index contributed by atoms with van der Waals surface area (Å²) in [7, 11) is -2.98. The van der Waals surface area contributed by atoms with Gasteiger partial charge in [0.15, 0.2) is 0 Å². The molecule has 2 aliphatic rings. The molecule has 0 saturated carbocycles. The lowest BCUT2D eigenvalue weighted by atomic mass is 10.0. The lowest BCUT2D eigenvalue weighted by molar-refractivity contribution is -0.136. The minimum Gasteiger partial charge on any atom is -0.340 e. The maximum Gasteiger partial charge on any atom is 0.226 e. The molecule has 4 rings (SSSR count). The SMILES string of the molecule is O=C(C1CCS(=O)(=O)CC1)N1CCCC1c1nc2ccc(F)cc2[nH]1. The van der Waals surface area contributed by atoms with E-state index in [9.17, 15) is 17.6 Å². The highest BCUT2D eigenvalue weighted by atomic mass is 32.2. The number of likely N-dealkylation sites (tertiary alicyclic amines) is 1. The predicted octanol–water partition coefficient (Wildman–Crippen LogP) is 2.19. The first-order chi connectivity index (χ1) is 11.9. The first-order valence-electron chi connectivity index (χ1n) is 8.59. The molecule has 0 radical (unpaired) electrons. The number of hydrogen-bond acceptors (Lipinski definition) is 4. The van der Waals surface area contributed by atoms with Crippen molar-refractivity contribution in [1.29, 1.82) is 0 Å². The Bertz CT molecular complexity index is 910. The highest BCUT2D eigenvalue weighted by Crippen LogP contribution is 2.34. The Morgan fingerprint density at radius 1 is 1.24 bits per heavy atom. The number of imidazole rings is 1. The first-order valence-corrected chi connectivity index (χ1v) is 10.4. The molecule has 1 atom stereocenters. The zero-order chi connectivity index (χ0) is 17.6. The van der Waals surface area contributed by atoms with E-state index in [0.29, 0.717) is 36.2 Å². The molecule has 0 bridgehead atoms. The molecule has 2 aliphatic heterocycles. The quantitative estimate of drug-likeness (QED) is 0.884. The molecule has 25 heavy (non-hydrogen) atoms. The van der Waals surface area contributed by atoms with Crippen molar-refractivity contribution in [1.82, 2.24) is 14.9 Å². The zero-order valence-electron chi connectivity index (χ0n) is 13.7. The van der Waals surface area contributed by atoms with Gasteiger partial charge in [0.05, 0.1) is 28.6 Å². The molecule has 3 heterocycles. The lowest BCUT2D eigenvalue weighted by Crippen LogP contribution is -2.39. The predicted molar refractivity (Wildman–Crippen MR) is 91.1 cm³/mol. The summed E-state index contributed by atoms with van der Waals surface area (Å²) in [6.07, 6.45) is 2.48. The normalized spacial score (nSPS) is 24.0. The van der Waals surface area contributed by atoms with Gasteiger partial charge < -0.3 is 9.88 Å². The van der Waals surface area contributed by atoms with Gasteiger partial charge in [0.1, 0.15) is 21.5 Å². The summed E-state index contributed by atoms with van der Waals surface area (Å²) in [6.45, 7) is 0.651. The van der Waals surface area contributed by atoms with Crippen molar-refractivity contribution in [2.45, 2.75) is 31.7 Å². The standard InChI is InChI=1S/C17H20FN3O3S/c18-12-3-4-13-14(10-12)20-16(19-13)15-2-1-7-21(15)17(22)11-5-8-25(23,24)9-6-11/h3-4,10-11,15H,1-2,5-9H2,(H,19,20). The number of carbonyl (C=O) groups excluding carboxylic acids is 1. The summed E-state index contributed by atoms with van der Waals surface area (Å²) in [5.74, 6) is 0.313. The molecule has 8 heteroatoms. The number of fused-ring (bicyclic) bond motifs is 1. The van der Waals surface area contributed by atoms with Crippen LogP contribution in [0.4, 0.5) is 4.39 Å². The van der Waals surface area contributed by atoms with Crippen LogP contribution in [0.15, 0.2) is 18.2 Å². The third-order valence-electron chi connectivity index (χ3n) is 5.22. The number of nitrogens with zero attached hydrogens (tertiary/aromatic N) is 2. The molecule has 0 aliphatic carbocycles. The summed E-state index contributed by atoms with van der Waals surface area (Å²) in [5, 5.41) is 0. The molecule has 6 nitrogen and oxygen atoms in total. The molecule has 1 unspecified atom stereocenters. The molecule has 2 fully saturated rings. The van der Waals surface area contributed by atoms with Crippen LogP contribution < -0.4 is 0 Å². The maximum atomic E-state index is 13.4. The van der Waals surface area contributed by atoms with Crippen LogP contribution in [0.1, 0.15) is 37.5 Å². The first kappa shape index (κ1) is 16.5. The van der Waals surface area contributed by atoms with E-state index in [1.807, 2.05) is 4.90 Å². The van der Waals surface area contributed by atoms with Crippen molar-refractivity contribution >= 4 is 26.8 Å². The average molecular weight is 365 g/mol. The lowest BCUT2D eigenvalue weighted by Gasteiger charge is -2.29. The van der Waals surface area contributed by atoms with E-state index in [2.05, 4.69) is 9.97 Å². The average Bonchev–Trinajstić information content (AvgIpc) is 3.20. The number of sulfone groups is 1. The Kier molecular flexibility index (Phi) is 4.02. The molecule has 1 aromatic carbocycles. The number of rotatable bonds is 2. The molecular formula is C17H20FN3O3S. The van der Waals surface area contributed by atoms with Gasteiger partial charge in [-0.15, -0.1) is 0 Å². The van der Waals surface area contributed by atoms with Gasteiger partial charge >= 0.3 is 0 Å². The minimum atomic E-state index is -2.98. The number of aromatic amines is 1. The van der Waals surface area contributed by atoms with E-state index < -0.39 is 9.84 Å². The fourth-order valence-corrected chi connectivity index (χ4v) is 5.34. The van der Waals surface area contributed by atoms with Gasteiger partial charge in [-0.2, -0.15) is 0 Å². The smallest absolute Gasteiger partial charge is 0.226 e. The molecule has 2 saturated heterocycles. The Labute approximate surface area is 145 Å². The Hall–Kier alpha value is -1.96. The van der Waals surface area contributed by atoms with E-state index in [1.165, 1.54) is 12.1 Å². The summed E-state index contributed by atoms with van der Waals surface area (Å²) in [4.78, 5) is 22.4. The van der Waals surface area contributed by atoms with Gasteiger partial charge in [-0.1, -0.05) is 0 Å². The second-order valence-corrected chi connectivity index (χ2v) is 9.20. The number of nitrogens with one attached hydrogen (secondary N) is 1. The van der Waals surface area contributed by atoms with Crippen LogP contribution in [0.3, 0.4) is 0 Å². The number of amides is 1. The number of halogens is 1. The number of carbonyl (C=O) groups is 1. The molecule has 0 spiro atoms. The van der Waals surface area contributed by atoms with Crippen LogP contribution in [-0.2, 0) is 14.6 Å².